The lowest BCUT2D eigenvalue weighted by Gasteiger charge is -2.30. The van der Waals surface area contributed by atoms with Crippen molar-refractivity contribution in [1.82, 2.24) is 4.31 Å². The van der Waals surface area contributed by atoms with Crippen LogP contribution < -0.4 is 0 Å². The first kappa shape index (κ1) is 13.2. The van der Waals surface area contributed by atoms with Crippen LogP contribution in [-0.4, -0.2) is 25.3 Å². The fourth-order valence-electron chi connectivity index (χ4n) is 0.949. The topological polar surface area (TPSA) is 37.4 Å². The van der Waals surface area contributed by atoms with Gasteiger partial charge in [-0.25, -0.2) is 8.42 Å². The summed E-state index contributed by atoms with van der Waals surface area (Å²) in [5.74, 6) is 0. The van der Waals surface area contributed by atoms with Crippen LogP contribution in [0, 0.1) is 0 Å². The van der Waals surface area contributed by atoms with Gasteiger partial charge < -0.3 is 0 Å². The van der Waals surface area contributed by atoms with Crippen LogP contribution in [0.25, 0.3) is 0 Å². The minimum atomic E-state index is -3.38. The summed E-state index contributed by atoms with van der Waals surface area (Å²) in [5.41, 5.74) is -0.414. The Kier molecular flexibility index (Phi) is 3.65. The predicted octanol–water partition coefficient (Wildman–Crippen LogP) is 2.93. The second-order valence-electron chi connectivity index (χ2n) is 4.20. The minimum Gasteiger partial charge on any atom is -0.206 e. The standard InChI is InChI=1S/C9H14BrNO2S2/c1-9(2,3)11(4)15(12,13)8-7(10)5-6-14-8/h5-6H,1-4H3. The van der Waals surface area contributed by atoms with E-state index in [0.29, 0.717) is 8.68 Å². The summed E-state index contributed by atoms with van der Waals surface area (Å²) in [5, 5.41) is 1.76. The average Bonchev–Trinajstić information content (AvgIpc) is 2.48. The van der Waals surface area contributed by atoms with Crippen LogP contribution in [0.2, 0.25) is 0 Å². The number of hydrogen-bond donors (Lipinski definition) is 0. The number of hydrogen-bond acceptors (Lipinski definition) is 3. The van der Waals surface area contributed by atoms with Crippen LogP contribution in [0.3, 0.4) is 0 Å². The largest absolute Gasteiger partial charge is 0.253 e. The van der Waals surface area contributed by atoms with Crippen molar-refractivity contribution in [2.75, 3.05) is 7.05 Å². The molecule has 6 heteroatoms. The van der Waals surface area contributed by atoms with E-state index in [2.05, 4.69) is 15.9 Å². The molecular formula is C9H14BrNO2S2. The van der Waals surface area contributed by atoms with Crippen molar-refractivity contribution in [2.24, 2.45) is 0 Å². The van der Waals surface area contributed by atoms with Crippen LogP contribution in [0.5, 0.6) is 0 Å². The highest BCUT2D eigenvalue weighted by Gasteiger charge is 2.32. The minimum absolute atomic E-state index is 0.361. The highest BCUT2D eigenvalue weighted by atomic mass is 79.9. The Labute approximate surface area is 103 Å². The SMILES string of the molecule is CN(C(C)(C)C)S(=O)(=O)c1sccc1Br. The zero-order valence-electron chi connectivity index (χ0n) is 9.11. The molecule has 0 aromatic carbocycles. The predicted molar refractivity (Wildman–Crippen MR) is 66.7 cm³/mol. The Morgan fingerprint density at radius 1 is 1.40 bits per heavy atom. The van der Waals surface area contributed by atoms with Gasteiger partial charge in [0.2, 0.25) is 0 Å². The second kappa shape index (κ2) is 4.16. The Hall–Kier alpha value is 0.0900. The van der Waals surface area contributed by atoms with Crippen molar-refractivity contribution in [1.29, 1.82) is 0 Å². The lowest BCUT2D eigenvalue weighted by atomic mass is 10.1. The maximum Gasteiger partial charge on any atom is 0.253 e. The van der Waals surface area contributed by atoms with E-state index in [4.69, 9.17) is 0 Å². The Bertz CT molecular complexity index is 445. The van der Waals surface area contributed by atoms with E-state index in [1.807, 2.05) is 20.8 Å². The number of thiophene rings is 1. The molecule has 0 bridgehead atoms. The van der Waals surface area contributed by atoms with Gasteiger partial charge in [0.1, 0.15) is 4.21 Å². The van der Waals surface area contributed by atoms with Crippen molar-refractivity contribution in [3.8, 4) is 0 Å². The van der Waals surface area contributed by atoms with Gasteiger partial charge in [-0.05, 0) is 48.1 Å². The first-order valence-electron chi connectivity index (χ1n) is 4.39. The molecule has 0 N–H and O–H groups in total. The van der Waals surface area contributed by atoms with Crippen molar-refractivity contribution in [2.45, 2.75) is 30.5 Å². The quantitative estimate of drug-likeness (QED) is 0.842. The smallest absolute Gasteiger partial charge is 0.206 e. The number of halogens is 1. The van der Waals surface area contributed by atoms with E-state index in [9.17, 15) is 8.42 Å². The number of rotatable bonds is 2. The first-order chi connectivity index (χ1) is 6.67. The van der Waals surface area contributed by atoms with E-state index in [-0.39, 0.29) is 0 Å². The molecule has 3 nitrogen and oxygen atoms in total. The lowest BCUT2D eigenvalue weighted by Crippen LogP contribution is -2.42. The molecule has 0 spiro atoms. The molecule has 0 amide bonds. The first-order valence-corrected chi connectivity index (χ1v) is 7.50. The zero-order valence-corrected chi connectivity index (χ0v) is 12.3. The summed E-state index contributed by atoms with van der Waals surface area (Å²) < 4.78 is 26.7. The van der Waals surface area contributed by atoms with Crippen LogP contribution in [0.4, 0.5) is 0 Å². The highest BCUT2D eigenvalue weighted by molar-refractivity contribution is 9.10. The maximum absolute atomic E-state index is 12.2. The molecule has 0 fully saturated rings. The van der Waals surface area contributed by atoms with Gasteiger partial charge in [0.05, 0.1) is 0 Å². The third-order valence-corrected chi connectivity index (χ3v) is 6.89. The van der Waals surface area contributed by atoms with Crippen molar-refractivity contribution in [3.05, 3.63) is 15.9 Å². The molecule has 0 atom stereocenters. The van der Waals surface area contributed by atoms with Crippen LogP contribution in [0.1, 0.15) is 20.8 Å². The summed E-state index contributed by atoms with van der Waals surface area (Å²) in [6.45, 7) is 5.60. The van der Waals surface area contributed by atoms with Crippen LogP contribution in [0.15, 0.2) is 20.1 Å². The highest BCUT2D eigenvalue weighted by Crippen LogP contribution is 2.32. The molecule has 1 aromatic rings. The van der Waals surface area contributed by atoms with Crippen molar-refractivity contribution >= 4 is 37.3 Å². The van der Waals surface area contributed by atoms with Gasteiger partial charge >= 0.3 is 0 Å². The van der Waals surface area contributed by atoms with E-state index in [1.165, 1.54) is 15.6 Å². The number of sulfonamides is 1. The lowest BCUT2D eigenvalue weighted by molar-refractivity contribution is 0.292. The van der Waals surface area contributed by atoms with Crippen LogP contribution >= 0.6 is 27.3 Å². The molecule has 0 aliphatic rings. The summed E-state index contributed by atoms with van der Waals surface area (Å²) in [4.78, 5) is 0. The molecule has 0 unspecified atom stereocenters. The monoisotopic (exact) mass is 311 g/mol. The van der Waals surface area contributed by atoms with Gasteiger partial charge in [-0.15, -0.1) is 11.3 Å². The number of nitrogens with zero attached hydrogens (tertiary/aromatic N) is 1. The molecule has 86 valence electrons. The van der Waals surface area contributed by atoms with Gasteiger partial charge in [0.15, 0.2) is 0 Å². The second-order valence-corrected chi connectivity index (χ2v) is 8.13. The van der Waals surface area contributed by atoms with E-state index >= 15 is 0 Å². The fourth-order valence-corrected chi connectivity index (χ4v) is 4.93. The molecule has 1 heterocycles. The van der Waals surface area contributed by atoms with Gasteiger partial charge in [-0.2, -0.15) is 4.31 Å². The summed E-state index contributed by atoms with van der Waals surface area (Å²) in [6, 6.07) is 1.74. The van der Waals surface area contributed by atoms with E-state index in [1.54, 1.807) is 18.5 Å². The molecule has 0 saturated carbocycles. The molecule has 15 heavy (non-hydrogen) atoms. The van der Waals surface area contributed by atoms with E-state index in [0.717, 1.165) is 0 Å². The summed E-state index contributed by atoms with van der Waals surface area (Å²) >= 11 is 4.47. The Morgan fingerprint density at radius 2 is 1.93 bits per heavy atom. The fraction of sp³-hybridized carbons (Fsp3) is 0.556. The summed E-state index contributed by atoms with van der Waals surface area (Å²) in [7, 11) is -1.78. The molecule has 0 aliphatic heterocycles. The van der Waals surface area contributed by atoms with Gasteiger partial charge in [0.25, 0.3) is 10.0 Å². The van der Waals surface area contributed by atoms with E-state index < -0.39 is 15.6 Å². The third kappa shape index (κ3) is 2.61. The van der Waals surface area contributed by atoms with Crippen LogP contribution in [-0.2, 0) is 10.0 Å². The normalized spacial score (nSPS) is 13.5. The van der Waals surface area contributed by atoms with Gasteiger partial charge in [-0.1, -0.05) is 0 Å². The van der Waals surface area contributed by atoms with Crippen molar-refractivity contribution < 1.29 is 8.42 Å². The maximum atomic E-state index is 12.2. The zero-order chi connectivity index (χ0) is 11.9. The van der Waals surface area contributed by atoms with Gasteiger partial charge in [0, 0.05) is 17.1 Å². The molecule has 1 aromatic heterocycles. The summed E-state index contributed by atoms with van der Waals surface area (Å²) in [6.07, 6.45) is 0. The molecule has 0 aliphatic carbocycles. The van der Waals surface area contributed by atoms with Crippen molar-refractivity contribution in [3.63, 3.8) is 0 Å². The Morgan fingerprint density at radius 3 is 2.27 bits per heavy atom. The van der Waals surface area contributed by atoms with Gasteiger partial charge in [-0.3, -0.25) is 0 Å². The Balaban J connectivity index is 3.21. The average molecular weight is 312 g/mol. The molecule has 0 saturated heterocycles. The molecule has 1 rings (SSSR count). The molecule has 0 radical (unpaired) electrons. The molecular weight excluding hydrogens is 298 g/mol. The third-order valence-electron chi connectivity index (χ3n) is 2.12.